The molecule has 2 aromatic rings. The van der Waals surface area contributed by atoms with Crippen LogP contribution in [-0.2, 0) is 4.79 Å². The largest absolute Gasteiger partial charge is 0.352 e. The molecule has 1 saturated carbocycles. The van der Waals surface area contributed by atoms with Crippen LogP contribution in [0.1, 0.15) is 45.4 Å². The summed E-state index contributed by atoms with van der Waals surface area (Å²) in [6.07, 6.45) is 6.93. The van der Waals surface area contributed by atoms with Crippen LogP contribution in [0.15, 0.2) is 29.4 Å². The van der Waals surface area contributed by atoms with Gasteiger partial charge in [-0.15, -0.1) is 10.2 Å². The average Bonchev–Trinajstić information content (AvgIpc) is 2.83. The van der Waals surface area contributed by atoms with Gasteiger partial charge in [0, 0.05) is 11.6 Å². The molecule has 3 rings (SSSR count). The van der Waals surface area contributed by atoms with E-state index in [2.05, 4.69) is 15.5 Å². The fraction of sp³-hybridized carbons (Fsp3) is 0.500. The van der Waals surface area contributed by atoms with Crippen LogP contribution in [0.3, 0.4) is 0 Å². The predicted octanol–water partition coefficient (Wildman–Crippen LogP) is 3.12. The van der Waals surface area contributed by atoms with Crippen LogP contribution >= 0.6 is 11.8 Å². The molecule has 0 aliphatic heterocycles. The van der Waals surface area contributed by atoms with Gasteiger partial charge in [-0.05, 0) is 44.0 Å². The molecule has 8 heteroatoms. The van der Waals surface area contributed by atoms with E-state index in [0.29, 0.717) is 16.5 Å². The minimum Gasteiger partial charge on any atom is -0.352 e. The molecule has 0 bridgehead atoms. The summed E-state index contributed by atoms with van der Waals surface area (Å²) >= 11 is 1.27. The van der Waals surface area contributed by atoms with Crippen molar-refractivity contribution in [3.8, 4) is 11.4 Å². The number of nitrogen functional groups attached to an aromatic ring is 1. The zero-order valence-electron chi connectivity index (χ0n) is 14.8. The Morgan fingerprint density at radius 2 is 1.88 bits per heavy atom. The highest BCUT2D eigenvalue weighted by molar-refractivity contribution is 8.00. The quantitative estimate of drug-likeness (QED) is 0.475. The van der Waals surface area contributed by atoms with Crippen molar-refractivity contribution in [1.82, 2.24) is 20.2 Å². The van der Waals surface area contributed by atoms with E-state index in [1.165, 1.54) is 54.3 Å². The average molecular weight is 377 g/mol. The van der Waals surface area contributed by atoms with Gasteiger partial charge in [0.15, 0.2) is 5.82 Å². The molecule has 1 amide bonds. The molecule has 1 aromatic heterocycles. The second kappa shape index (κ2) is 8.53. The van der Waals surface area contributed by atoms with Gasteiger partial charge in [-0.1, -0.05) is 37.4 Å². The lowest BCUT2D eigenvalue weighted by Gasteiger charge is -2.19. The maximum Gasteiger partial charge on any atom is 0.233 e. The predicted molar refractivity (Wildman–Crippen MR) is 101 cm³/mol. The molecule has 1 aliphatic carbocycles. The van der Waals surface area contributed by atoms with Crippen LogP contribution in [-0.4, -0.2) is 32.1 Å². The number of amides is 1. The van der Waals surface area contributed by atoms with Crippen molar-refractivity contribution in [3.05, 3.63) is 30.1 Å². The number of nitrogens with two attached hydrogens (primary N) is 1. The Labute approximate surface area is 156 Å². The van der Waals surface area contributed by atoms with Gasteiger partial charge >= 0.3 is 0 Å². The number of nitrogens with zero attached hydrogens (tertiary/aromatic N) is 3. The number of carbonyl (C=O) groups excluding carboxylic acids is 1. The Hall–Kier alpha value is -2.09. The number of thioether (sulfide) groups is 1. The van der Waals surface area contributed by atoms with E-state index in [0.717, 1.165) is 12.8 Å². The maximum absolute atomic E-state index is 13.1. The number of hydrogen-bond donors (Lipinski definition) is 2. The van der Waals surface area contributed by atoms with Gasteiger partial charge in [0.2, 0.25) is 11.1 Å². The Morgan fingerprint density at radius 1 is 1.23 bits per heavy atom. The Balaban J connectivity index is 1.63. The second-order valence-electron chi connectivity index (χ2n) is 6.64. The van der Waals surface area contributed by atoms with E-state index in [-0.39, 0.29) is 23.0 Å². The number of nitrogens with one attached hydrogen (secondary N) is 1. The molecule has 0 saturated heterocycles. The molecule has 1 heterocycles. The van der Waals surface area contributed by atoms with Crippen molar-refractivity contribution in [2.24, 2.45) is 0 Å². The third-order valence-electron chi connectivity index (χ3n) is 4.62. The van der Waals surface area contributed by atoms with E-state index in [1.807, 2.05) is 6.92 Å². The lowest BCUT2D eigenvalue weighted by Crippen LogP contribution is -2.39. The number of benzene rings is 1. The van der Waals surface area contributed by atoms with Gasteiger partial charge in [-0.3, -0.25) is 4.79 Å². The molecule has 140 valence electrons. The summed E-state index contributed by atoms with van der Waals surface area (Å²) in [7, 11) is 0. The van der Waals surface area contributed by atoms with E-state index >= 15 is 0 Å². The minimum absolute atomic E-state index is 0.00627. The molecule has 0 spiro atoms. The molecule has 3 N–H and O–H groups in total. The topological polar surface area (TPSA) is 85.8 Å². The van der Waals surface area contributed by atoms with Gasteiger partial charge in [0.1, 0.15) is 5.82 Å². The van der Waals surface area contributed by atoms with Crippen molar-refractivity contribution >= 4 is 17.7 Å². The summed E-state index contributed by atoms with van der Waals surface area (Å²) in [4.78, 5) is 12.5. The fourth-order valence-corrected chi connectivity index (χ4v) is 3.89. The van der Waals surface area contributed by atoms with Crippen LogP contribution in [0, 0.1) is 5.82 Å². The smallest absolute Gasteiger partial charge is 0.233 e. The summed E-state index contributed by atoms with van der Waals surface area (Å²) in [6.45, 7) is 1.84. The Bertz CT molecular complexity index is 741. The number of carbonyl (C=O) groups is 1. The van der Waals surface area contributed by atoms with E-state index < -0.39 is 0 Å². The van der Waals surface area contributed by atoms with Crippen LogP contribution in [0.5, 0.6) is 0 Å². The standard InChI is InChI=1S/C18H24FN5OS/c1-12(17(25)21-15-6-4-2-3-5-7-15)26-18-23-22-16(24(18)20)13-8-10-14(19)11-9-13/h8-12,15H,2-7,20H2,1H3,(H,21,25)/t12-/m0/s1. The van der Waals surface area contributed by atoms with Crippen molar-refractivity contribution < 1.29 is 9.18 Å². The van der Waals surface area contributed by atoms with E-state index in [4.69, 9.17) is 5.84 Å². The number of rotatable bonds is 5. The number of hydrogen-bond acceptors (Lipinski definition) is 5. The molecule has 1 atom stereocenters. The fourth-order valence-electron chi connectivity index (χ4n) is 3.11. The van der Waals surface area contributed by atoms with Gasteiger partial charge in [-0.2, -0.15) is 0 Å². The van der Waals surface area contributed by atoms with E-state index in [9.17, 15) is 9.18 Å². The molecule has 6 nitrogen and oxygen atoms in total. The highest BCUT2D eigenvalue weighted by Crippen LogP contribution is 2.25. The van der Waals surface area contributed by atoms with Crippen LogP contribution in [0.25, 0.3) is 11.4 Å². The molecule has 1 fully saturated rings. The SMILES string of the molecule is C[C@H](Sc1nnc(-c2ccc(F)cc2)n1N)C(=O)NC1CCCCCC1. The molecule has 0 unspecified atom stereocenters. The number of halogens is 1. The van der Waals surface area contributed by atoms with Crippen LogP contribution in [0.4, 0.5) is 4.39 Å². The Kier molecular flexibility index (Phi) is 6.13. The first-order valence-corrected chi connectivity index (χ1v) is 9.86. The highest BCUT2D eigenvalue weighted by Gasteiger charge is 2.22. The molecular weight excluding hydrogens is 353 g/mol. The van der Waals surface area contributed by atoms with Crippen molar-refractivity contribution in [2.75, 3.05) is 5.84 Å². The van der Waals surface area contributed by atoms with Crippen molar-refractivity contribution in [3.63, 3.8) is 0 Å². The van der Waals surface area contributed by atoms with Crippen LogP contribution in [0.2, 0.25) is 0 Å². The molecule has 0 radical (unpaired) electrons. The zero-order valence-corrected chi connectivity index (χ0v) is 15.6. The van der Waals surface area contributed by atoms with Gasteiger partial charge in [-0.25, -0.2) is 9.07 Å². The highest BCUT2D eigenvalue weighted by atomic mass is 32.2. The first kappa shape index (κ1) is 18.7. The first-order valence-electron chi connectivity index (χ1n) is 8.98. The molecule has 1 aliphatic rings. The van der Waals surface area contributed by atoms with Crippen molar-refractivity contribution in [1.29, 1.82) is 0 Å². The third kappa shape index (κ3) is 4.55. The van der Waals surface area contributed by atoms with Gasteiger partial charge < -0.3 is 11.2 Å². The normalized spacial score (nSPS) is 16.8. The maximum atomic E-state index is 13.1. The summed E-state index contributed by atoms with van der Waals surface area (Å²) in [6, 6.07) is 6.15. The minimum atomic E-state index is -0.328. The zero-order chi connectivity index (χ0) is 18.5. The van der Waals surface area contributed by atoms with Crippen molar-refractivity contribution in [2.45, 2.75) is 61.9 Å². The van der Waals surface area contributed by atoms with Crippen LogP contribution < -0.4 is 11.2 Å². The van der Waals surface area contributed by atoms with Gasteiger partial charge in [0.25, 0.3) is 0 Å². The summed E-state index contributed by atoms with van der Waals surface area (Å²) in [5, 5.41) is 11.4. The summed E-state index contributed by atoms with van der Waals surface area (Å²) in [5.74, 6) is 6.18. The Morgan fingerprint density at radius 3 is 2.54 bits per heavy atom. The second-order valence-corrected chi connectivity index (χ2v) is 7.95. The summed E-state index contributed by atoms with van der Waals surface area (Å²) in [5.41, 5.74) is 0.670. The lowest BCUT2D eigenvalue weighted by atomic mass is 10.1. The molecule has 26 heavy (non-hydrogen) atoms. The molecular formula is C18H24FN5OS. The molecule has 1 aromatic carbocycles. The summed E-state index contributed by atoms with van der Waals surface area (Å²) < 4.78 is 14.4. The lowest BCUT2D eigenvalue weighted by molar-refractivity contribution is -0.121. The third-order valence-corrected chi connectivity index (χ3v) is 5.68. The van der Waals surface area contributed by atoms with E-state index in [1.54, 1.807) is 12.1 Å². The van der Waals surface area contributed by atoms with Gasteiger partial charge in [0.05, 0.1) is 5.25 Å². The monoisotopic (exact) mass is 377 g/mol. The first-order chi connectivity index (χ1) is 12.5. The number of aromatic nitrogens is 3.